The topological polar surface area (TPSA) is 0 Å². The lowest BCUT2D eigenvalue weighted by Crippen LogP contribution is -2.18. The Morgan fingerprint density at radius 3 is 1.73 bits per heavy atom. The van der Waals surface area contributed by atoms with Gasteiger partial charge in [0.05, 0.1) is 0 Å². The first kappa shape index (κ1) is 15.5. The summed E-state index contributed by atoms with van der Waals surface area (Å²) in [7, 11) is 0. The molecule has 0 N–H and O–H groups in total. The minimum atomic E-state index is 0.511. The molecule has 0 aromatic heterocycles. The maximum atomic E-state index is 3.18. The van der Waals surface area contributed by atoms with E-state index in [1.54, 1.807) is 0 Å². The second-order valence-corrected chi connectivity index (χ2v) is 7.24. The normalized spacial score (nSPS) is 12.7. The van der Waals surface area contributed by atoms with Crippen molar-refractivity contribution < 1.29 is 0 Å². The van der Waals surface area contributed by atoms with Crippen molar-refractivity contribution in [2.24, 2.45) is 11.8 Å². The summed E-state index contributed by atoms with van der Waals surface area (Å²) in [6.07, 6.45) is 8.25. The molecule has 0 amide bonds. The van der Waals surface area contributed by atoms with E-state index < -0.39 is 0 Å². The molecule has 0 saturated heterocycles. The average Bonchev–Trinajstić information content (AvgIpc) is 2.00. The Balaban J connectivity index is 4.14. The van der Waals surface area contributed by atoms with Crippen LogP contribution in [0.2, 0.25) is 4.28 Å². The molecule has 1 heteroatoms. The van der Waals surface area contributed by atoms with E-state index >= 15 is 0 Å². The van der Waals surface area contributed by atoms with Gasteiger partial charge >= 0.3 is 0 Å². The highest BCUT2D eigenvalue weighted by Gasteiger charge is 2.24. The molecule has 0 aliphatic carbocycles. The van der Waals surface area contributed by atoms with E-state index in [0.717, 1.165) is 11.8 Å². The molecule has 2 radical (unpaired) electrons. The minimum absolute atomic E-state index is 0.511. The van der Waals surface area contributed by atoms with Crippen molar-refractivity contribution in [3.8, 4) is 0 Å². The van der Waals surface area contributed by atoms with E-state index in [1.807, 2.05) is 0 Å². The first-order valence-corrected chi connectivity index (χ1v) is 7.26. The van der Waals surface area contributed by atoms with Crippen LogP contribution in [0.1, 0.15) is 73.1 Å². The second kappa shape index (κ2) is 7.75. The predicted molar refractivity (Wildman–Crippen MR) is 71.5 cm³/mol. The van der Waals surface area contributed by atoms with Crippen LogP contribution in [0.4, 0.5) is 0 Å². The van der Waals surface area contributed by atoms with Gasteiger partial charge in [-0.2, -0.15) is 0 Å². The third kappa shape index (κ3) is 8.35. The molecule has 0 fully saturated rings. The quantitative estimate of drug-likeness (QED) is 0.402. The van der Waals surface area contributed by atoms with Crippen molar-refractivity contribution in [2.75, 3.05) is 0 Å². The zero-order valence-electron chi connectivity index (χ0n) is 11.5. The number of unbranched alkanes of at least 4 members (excludes halogenated alkanes) is 2. The van der Waals surface area contributed by atoms with Gasteiger partial charge in [-0.3, -0.25) is 0 Å². The molecule has 0 unspecified atom stereocenters. The largest absolute Gasteiger partial charge is 0.129 e. The fraction of sp³-hybridized carbons (Fsp3) is 1.00. The smallest absolute Gasteiger partial charge is 0.0962 e. The van der Waals surface area contributed by atoms with E-state index in [2.05, 4.69) is 50.9 Å². The van der Waals surface area contributed by atoms with Crippen LogP contribution >= 0.6 is 0 Å². The molecule has 15 heavy (non-hydrogen) atoms. The maximum absolute atomic E-state index is 3.18. The van der Waals surface area contributed by atoms with Crippen LogP contribution in [-0.4, -0.2) is 16.3 Å². The molecule has 0 aromatic rings. The number of rotatable bonds is 8. The minimum Gasteiger partial charge on any atom is -0.0962 e. The standard InChI is InChI=1S/C14H29.Al/c1-6-7-8-9-14(10-12(2)3)11-13(4)5;/h12-13H,6-11H2,1-5H3;. The fourth-order valence-corrected chi connectivity index (χ4v) is 3.79. The van der Waals surface area contributed by atoms with Crippen molar-refractivity contribution in [3.05, 3.63) is 0 Å². The van der Waals surface area contributed by atoms with Gasteiger partial charge in [0, 0.05) is 0 Å². The molecule has 0 spiro atoms. The lowest BCUT2D eigenvalue weighted by Gasteiger charge is -2.35. The molecule has 0 heterocycles. The van der Waals surface area contributed by atoms with E-state index in [4.69, 9.17) is 0 Å². The zero-order valence-corrected chi connectivity index (χ0v) is 12.6. The van der Waals surface area contributed by atoms with Gasteiger partial charge in [-0.15, -0.1) is 0 Å². The Morgan fingerprint density at radius 2 is 1.40 bits per heavy atom. The van der Waals surface area contributed by atoms with Crippen molar-refractivity contribution in [2.45, 2.75) is 77.4 Å². The lowest BCUT2D eigenvalue weighted by atomic mass is 9.84. The first-order chi connectivity index (χ1) is 6.89. The Bertz CT molecular complexity index is 139. The van der Waals surface area contributed by atoms with Gasteiger partial charge in [-0.25, -0.2) is 0 Å². The van der Waals surface area contributed by atoms with E-state index in [9.17, 15) is 0 Å². The molecule has 0 rings (SSSR count). The van der Waals surface area contributed by atoms with Crippen molar-refractivity contribution >= 4 is 16.3 Å². The number of hydrogen-bond donors (Lipinski definition) is 0. The van der Waals surface area contributed by atoms with Crippen LogP contribution in [-0.2, 0) is 0 Å². The Kier molecular flexibility index (Phi) is 8.02. The molecule has 0 saturated carbocycles. The SMILES string of the molecule is CCCCC[C]([Al])(CC(C)C)CC(C)C. The van der Waals surface area contributed by atoms with Crippen molar-refractivity contribution in [1.82, 2.24) is 0 Å². The van der Waals surface area contributed by atoms with Gasteiger partial charge in [0.25, 0.3) is 0 Å². The lowest BCUT2D eigenvalue weighted by molar-refractivity contribution is 0.335. The molecule has 0 aromatic carbocycles. The predicted octanol–water partition coefficient (Wildman–Crippen LogP) is 4.99. The summed E-state index contributed by atoms with van der Waals surface area (Å²) in [5.41, 5.74) is 0. The second-order valence-electron chi connectivity index (χ2n) is 6.02. The van der Waals surface area contributed by atoms with Gasteiger partial charge in [0.15, 0.2) is 0 Å². The molecular weight excluding hydrogens is 195 g/mol. The third-order valence-electron chi connectivity index (χ3n) is 2.91. The van der Waals surface area contributed by atoms with Crippen LogP contribution in [0.25, 0.3) is 0 Å². The van der Waals surface area contributed by atoms with E-state index in [0.29, 0.717) is 4.28 Å². The highest BCUT2D eigenvalue weighted by atomic mass is 27.0. The molecule has 0 aliphatic heterocycles. The Labute approximate surface area is 106 Å². The highest BCUT2D eigenvalue weighted by Crippen LogP contribution is 2.42. The number of hydrogen-bond acceptors (Lipinski definition) is 0. The zero-order chi connectivity index (χ0) is 11.9. The molecule has 0 nitrogen and oxygen atoms in total. The summed E-state index contributed by atoms with van der Waals surface area (Å²) in [6.45, 7) is 11.7. The summed E-state index contributed by atoms with van der Waals surface area (Å²) in [6, 6.07) is 0. The van der Waals surface area contributed by atoms with Crippen molar-refractivity contribution in [3.63, 3.8) is 0 Å². The van der Waals surface area contributed by atoms with Crippen LogP contribution < -0.4 is 0 Å². The molecule has 0 aliphatic rings. The van der Waals surface area contributed by atoms with Crippen LogP contribution in [0.15, 0.2) is 0 Å². The maximum Gasteiger partial charge on any atom is 0.129 e. The van der Waals surface area contributed by atoms with Gasteiger partial charge in [0.2, 0.25) is 0 Å². The Morgan fingerprint density at radius 1 is 0.933 bits per heavy atom. The van der Waals surface area contributed by atoms with Crippen molar-refractivity contribution in [1.29, 1.82) is 0 Å². The van der Waals surface area contributed by atoms with Gasteiger partial charge in [-0.05, 0) is 11.8 Å². The highest BCUT2D eigenvalue weighted by molar-refractivity contribution is 6.15. The van der Waals surface area contributed by atoms with Crippen LogP contribution in [0.5, 0.6) is 0 Å². The summed E-state index contributed by atoms with van der Waals surface area (Å²) in [5, 5.41) is 0. The average molecular weight is 224 g/mol. The van der Waals surface area contributed by atoms with Gasteiger partial charge < -0.3 is 0 Å². The van der Waals surface area contributed by atoms with Crippen LogP contribution in [0.3, 0.4) is 0 Å². The third-order valence-corrected chi connectivity index (χ3v) is 3.67. The summed E-state index contributed by atoms with van der Waals surface area (Å²) < 4.78 is 0.511. The summed E-state index contributed by atoms with van der Waals surface area (Å²) in [5.74, 6) is 1.64. The summed E-state index contributed by atoms with van der Waals surface area (Å²) >= 11 is 3.18. The van der Waals surface area contributed by atoms with Crippen LogP contribution in [0, 0.1) is 11.8 Å². The summed E-state index contributed by atoms with van der Waals surface area (Å²) in [4.78, 5) is 0. The van der Waals surface area contributed by atoms with E-state index in [1.165, 1.54) is 38.5 Å². The molecule has 0 bridgehead atoms. The molecule has 0 atom stereocenters. The first-order valence-electron chi connectivity index (χ1n) is 6.68. The monoisotopic (exact) mass is 224 g/mol. The van der Waals surface area contributed by atoms with Gasteiger partial charge in [0.1, 0.15) is 16.3 Å². The molecule has 88 valence electrons. The fourth-order valence-electron chi connectivity index (χ4n) is 2.64. The van der Waals surface area contributed by atoms with Gasteiger partial charge in [-0.1, -0.05) is 77.4 Å². The van der Waals surface area contributed by atoms with E-state index in [-0.39, 0.29) is 0 Å². The Hall–Kier alpha value is 0.532. The molecular formula is C14H29Al.